The van der Waals surface area contributed by atoms with Gasteiger partial charge in [-0.15, -0.1) is 0 Å². The number of aliphatic carboxylic acids is 1. The highest BCUT2D eigenvalue weighted by Gasteiger charge is 2.33. The number of fused-ring (bicyclic) bond motifs is 1. The summed E-state index contributed by atoms with van der Waals surface area (Å²) in [4.78, 5) is 34.0. The number of aromatic amines is 1. The van der Waals surface area contributed by atoms with Crippen LogP contribution in [0.3, 0.4) is 0 Å². The Morgan fingerprint density at radius 3 is 2.77 bits per heavy atom. The molecule has 3 N–H and O–H groups in total. The third-order valence-corrected chi connectivity index (χ3v) is 5.78. The van der Waals surface area contributed by atoms with Gasteiger partial charge in [0.1, 0.15) is 5.82 Å². The zero-order valence-corrected chi connectivity index (χ0v) is 17.0. The van der Waals surface area contributed by atoms with Crippen molar-refractivity contribution < 1.29 is 14.7 Å². The predicted molar refractivity (Wildman–Crippen MR) is 115 cm³/mol. The summed E-state index contributed by atoms with van der Waals surface area (Å²) in [5.74, 6) is 0.0741. The van der Waals surface area contributed by atoms with Crippen LogP contribution in [0.2, 0.25) is 0 Å². The number of carboxylic acids is 1. The molecule has 2 aromatic carbocycles. The van der Waals surface area contributed by atoms with Crippen molar-refractivity contribution in [1.29, 1.82) is 0 Å². The summed E-state index contributed by atoms with van der Waals surface area (Å²) in [5.41, 5.74) is 3.79. The number of nitrogens with zero attached hydrogens (tertiary/aromatic N) is 2. The number of H-pyrrole nitrogens is 1. The molecule has 1 aliphatic rings. The average Bonchev–Trinajstić information content (AvgIpc) is 3.11. The summed E-state index contributed by atoms with van der Waals surface area (Å²) in [6.45, 7) is 3.09. The number of carbonyl (C=O) groups excluding carboxylic acids is 1. The minimum atomic E-state index is -0.799. The number of piperidine rings is 1. The molecule has 7 heteroatoms. The number of amides is 2. The van der Waals surface area contributed by atoms with Gasteiger partial charge in [-0.3, -0.25) is 4.79 Å². The number of hydrogen-bond acceptors (Lipinski definition) is 3. The van der Waals surface area contributed by atoms with E-state index < -0.39 is 5.97 Å². The van der Waals surface area contributed by atoms with E-state index in [2.05, 4.69) is 21.4 Å². The highest BCUT2D eigenvalue weighted by molar-refractivity contribution is 5.89. The van der Waals surface area contributed by atoms with Gasteiger partial charge in [0, 0.05) is 31.6 Å². The number of aromatic nitrogens is 2. The first kappa shape index (κ1) is 19.9. The fraction of sp³-hybridized carbons (Fsp3) is 0.348. The molecule has 4 rings (SSSR count). The molecule has 1 fully saturated rings. The van der Waals surface area contributed by atoms with E-state index in [-0.39, 0.29) is 24.3 Å². The maximum absolute atomic E-state index is 12.7. The minimum absolute atomic E-state index is 0.0122. The van der Waals surface area contributed by atoms with Gasteiger partial charge >= 0.3 is 12.0 Å². The van der Waals surface area contributed by atoms with Crippen molar-refractivity contribution in [1.82, 2.24) is 14.9 Å². The van der Waals surface area contributed by atoms with Crippen LogP contribution in [-0.4, -0.2) is 45.1 Å². The van der Waals surface area contributed by atoms with Crippen molar-refractivity contribution in [3.8, 4) is 0 Å². The molecule has 30 heavy (non-hydrogen) atoms. The number of imidazole rings is 1. The van der Waals surface area contributed by atoms with Crippen LogP contribution in [-0.2, 0) is 11.2 Å². The summed E-state index contributed by atoms with van der Waals surface area (Å²) in [5, 5.41) is 12.3. The Balaban J connectivity index is 1.50. The SMILES string of the molecule is Cc1ccc2nc(CC3CN(C(=O)Nc4ccccc4)CCC3CC(=O)O)[nH]c2c1. The predicted octanol–water partition coefficient (Wildman–Crippen LogP) is 4.06. The van der Waals surface area contributed by atoms with E-state index in [1.165, 1.54) is 0 Å². The van der Waals surface area contributed by atoms with Crippen molar-refractivity contribution in [2.24, 2.45) is 11.8 Å². The fourth-order valence-corrected chi connectivity index (χ4v) is 4.23. The topological polar surface area (TPSA) is 98.3 Å². The number of likely N-dealkylation sites (tertiary alicyclic amines) is 1. The van der Waals surface area contributed by atoms with Crippen LogP contribution in [0.15, 0.2) is 48.5 Å². The molecule has 0 radical (unpaired) electrons. The molecule has 1 aromatic heterocycles. The molecule has 3 aromatic rings. The third-order valence-electron chi connectivity index (χ3n) is 5.78. The number of aryl methyl sites for hydroxylation is 1. The summed E-state index contributed by atoms with van der Waals surface area (Å²) >= 11 is 0. The van der Waals surface area contributed by atoms with E-state index in [0.29, 0.717) is 25.9 Å². The molecule has 2 unspecified atom stereocenters. The first-order valence-corrected chi connectivity index (χ1v) is 10.3. The van der Waals surface area contributed by atoms with Gasteiger partial charge in [0.15, 0.2) is 0 Å². The van der Waals surface area contributed by atoms with Crippen LogP contribution in [0.25, 0.3) is 11.0 Å². The largest absolute Gasteiger partial charge is 0.481 e. The number of nitrogens with one attached hydrogen (secondary N) is 2. The quantitative estimate of drug-likeness (QED) is 0.595. The number of carboxylic acid groups (broad SMARTS) is 1. The van der Waals surface area contributed by atoms with Crippen LogP contribution in [0.1, 0.15) is 24.2 Å². The Labute approximate surface area is 175 Å². The number of benzene rings is 2. The maximum Gasteiger partial charge on any atom is 0.321 e. The molecular formula is C23H26N4O3. The second kappa shape index (κ2) is 8.57. The van der Waals surface area contributed by atoms with Crippen LogP contribution in [0, 0.1) is 18.8 Å². The molecule has 2 heterocycles. The van der Waals surface area contributed by atoms with Gasteiger partial charge in [0.25, 0.3) is 0 Å². The number of hydrogen-bond donors (Lipinski definition) is 3. The number of carbonyl (C=O) groups is 2. The van der Waals surface area contributed by atoms with Gasteiger partial charge in [-0.05, 0) is 55.0 Å². The van der Waals surface area contributed by atoms with Crippen molar-refractivity contribution in [3.05, 3.63) is 59.9 Å². The maximum atomic E-state index is 12.7. The molecule has 0 aliphatic carbocycles. The van der Waals surface area contributed by atoms with E-state index in [0.717, 1.165) is 28.1 Å². The summed E-state index contributed by atoms with van der Waals surface area (Å²) < 4.78 is 0. The lowest BCUT2D eigenvalue weighted by molar-refractivity contribution is -0.139. The molecule has 2 amide bonds. The molecular weight excluding hydrogens is 380 g/mol. The highest BCUT2D eigenvalue weighted by Crippen LogP contribution is 2.30. The van der Waals surface area contributed by atoms with Crippen LogP contribution in [0.5, 0.6) is 0 Å². The van der Waals surface area contributed by atoms with Gasteiger partial charge in [0.05, 0.1) is 11.0 Å². The third kappa shape index (κ3) is 4.62. The fourth-order valence-electron chi connectivity index (χ4n) is 4.23. The second-order valence-corrected chi connectivity index (χ2v) is 8.06. The molecule has 0 saturated carbocycles. The lowest BCUT2D eigenvalue weighted by Gasteiger charge is -2.37. The number of para-hydroxylation sites is 1. The molecule has 156 valence electrons. The lowest BCUT2D eigenvalue weighted by Crippen LogP contribution is -2.46. The van der Waals surface area contributed by atoms with Gasteiger partial charge < -0.3 is 20.3 Å². The van der Waals surface area contributed by atoms with Crippen LogP contribution >= 0.6 is 0 Å². The average molecular weight is 406 g/mol. The zero-order valence-electron chi connectivity index (χ0n) is 17.0. The van der Waals surface area contributed by atoms with Gasteiger partial charge in [-0.25, -0.2) is 9.78 Å². The van der Waals surface area contributed by atoms with Crippen molar-refractivity contribution in [3.63, 3.8) is 0 Å². The van der Waals surface area contributed by atoms with E-state index >= 15 is 0 Å². The van der Waals surface area contributed by atoms with Crippen molar-refractivity contribution in [2.45, 2.75) is 26.2 Å². The van der Waals surface area contributed by atoms with Crippen LogP contribution < -0.4 is 5.32 Å². The lowest BCUT2D eigenvalue weighted by atomic mass is 9.81. The second-order valence-electron chi connectivity index (χ2n) is 8.06. The molecule has 0 spiro atoms. The van der Waals surface area contributed by atoms with E-state index in [1.54, 1.807) is 4.90 Å². The first-order chi connectivity index (χ1) is 14.5. The normalized spacial score (nSPS) is 19.0. The smallest absolute Gasteiger partial charge is 0.321 e. The molecule has 0 bridgehead atoms. The van der Waals surface area contributed by atoms with E-state index in [9.17, 15) is 14.7 Å². The van der Waals surface area contributed by atoms with Gasteiger partial charge in [-0.2, -0.15) is 0 Å². The monoisotopic (exact) mass is 406 g/mol. The summed E-state index contributed by atoms with van der Waals surface area (Å²) in [6, 6.07) is 15.3. The van der Waals surface area contributed by atoms with Gasteiger partial charge in [0.2, 0.25) is 0 Å². The molecule has 2 atom stereocenters. The number of rotatable bonds is 5. The highest BCUT2D eigenvalue weighted by atomic mass is 16.4. The van der Waals surface area contributed by atoms with Crippen molar-refractivity contribution in [2.75, 3.05) is 18.4 Å². The Morgan fingerprint density at radius 1 is 1.20 bits per heavy atom. The molecule has 1 aliphatic heterocycles. The van der Waals surface area contributed by atoms with E-state index in [4.69, 9.17) is 0 Å². The Kier molecular flexibility index (Phi) is 5.70. The first-order valence-electron chi connectivity index (χ1n) is 10.3. The Morgan fingerprint density at radius 2 is 2.00 bits per heavy atom. The zero-order chi connectivity index (χ0) is 21.1. The van der Waals surface area contributed by atoms with Gasteiger partial charge in [-0.1, -0.05) is 24.3 Å². The summed E-state index contributed by atoms with van der Waals surface area (Å²) in [7, 11) is 0. The van der Waals surface area contributed by atoms with Crippen molar-refractivity contribution >= 4 is 28.7 Å². The molecule has 7 nitrogen and oxygen atoms in total. The standard InChI is InChI=1S/C23H26N4O3/c1-15-7-8-19-20(11-15)26-21(25-19)12-17-14-27(10-9-16(17)13-22(28)29)23(30)24-18-5-3-2-4-6-18/h2-8,11,16-17H,9-10,12-14H2,1H3,(H,24,30)(H,25,26)(H,28,29). The minimum Gasteiger partial charge on any atom is -0.481 e. The summed E-state index contributed by atoms with van der Waals surface area (Å²) in [6.07, 6.45) is 1.39. The number of anilines is 1. The van der Waals surface area contributed by atoms with Crippen LogP contribution in [0.4, 0.5) is 10.5 Å². The Hall–Kier alpha value is -3.35. The Bertz CT molecular complexity index is 1050. The molecule has 1 saturated heterocycles. The number of urea groups is 1. The van der Waals surface area contributed by atoms with E-state index in [1.807, 2.05) is 49.4 Å².